The van der Waals surface area contributed by atoms with Crippen LogP contribution in [-0.2, 0) is 9.53 Å². The zero-order valence-electron chi connectivity index (χ0n) is 9.10. The Labute approximate surface area is 97.1 Å². The number of hydrogen-bond donors (Lipinski definition) is 0. The zero-order valence-corrected chi connectivity index (χ0v) is 9.10. The van der Waals surface area contributed by atoms with E-state index in [4.69, 9.17) is 14.4 Å². The molecule has 0 fully saturated rings. The average molecular weight is 231 g/mol. The van der Waals surface area contributed by atoms with Gasteiger partial charge < -0.3 is 13.9 Å². The molecule has 0 unspecified atom stereocenters. The molecular formula is C12H9NO4. The number of methoxy groups -OCH3 is 1. The zero-order chi connectivity index (χ0) is 12.3. The maximum atomic E-state index is 11.0. The molecule has 0 saturated heterocycles. The first-order valence-electron chi connectivity index (χ1n) is 4.87. The van der Waals surface area contributed by atoms with Gasteiger partial charge in [0.2, 0.25) is 5.76 Å². The number of esters is 1. The Morgan fingerprint density at radius 1 is 1.47 bits per heavy atom. The van der Waals surface area contributed by atoms with E-state index in [1.54, 1.807) is 24.3 Å². The number of nitriles is 1. The fourth-order valence-corrected chi connectivity index (χ4v) is 1.43. The summed E-state index contributed by atoms with van der Waals surface area (Å²) in [6.07, 6.45) is 0. The summed E-state index contributed by atoms with van der Waals surface area (Å²) in [6, 6.07) is 8.95. The van der Waals surface area contributed by atoms with Crippen molar-refractivity contribution in [3.63, 3.8) is 0 Å². The molecule has 1 aromatic carbocycles. The minimum absolute atomic E-state index is 0.0510. The first-order valence-corrected chi connectivity index (χ1v) is 4.87. The fraction of sp³-hybridized carbons (Fsp3) is 0.167. The van der Waals surface area contributed by atoms with Gasteiger partial charge in [0.25, 0.3) is 0 Å². The number of benzene rings is 1. The number of rotatable bonds is 3. The Balaban J connectivity index is 2.37. The van der Waals surface area contributed by atoms with E-state index < -0.39 is 5.97 Å². The molecule has 0 spiro atoms. The number of furan rings is 1. The molecule has 17 heavy (non-hydrogen) atoms. The van der Waals surface area contributed by atoms with E-state index in [0.717, 1.165) is 0 Å². The van der Waals surface area contributed by atoms with Crippen LogP contribution in [-0.4, -0.2) is 19.7 Å². The Morgan fingerprint density at radius 3 is 2.94 bits per heavy atom. The topological polar surface area (TPSA) is 72.5 Å². The molecule has 86 valence electrons. The van der Waals surface area contributed by atoms with Crippen molar-refractivity contribution in [2.45, 2.75) is 0 Å². The van der Waals surface area contributed by atoms with Crippen molar-refractivity contribution >= 4 is 16.9 Å². The standard InChI is InChI=1S/C12H9NO4/c1-15-11(14)7-16-12-8-4-2-3-5-9(8)17-10(12)6-13/h2-5H,7H2,1H3. The van der Waals surface area contributed by atoms with Crippen molar-refractivity contribution in [2.75, 3.05) is 13.7 Å². The monoisotopic (exact) mass is 231 g/mol. The third kappa shape index (κ3) is 2.06. The SMILES string of the molecule is COC(=O)COc1c(C#N)oc2ccccc12. The van der Waals surface area contributed by atoms with Crippen LogP contribution in [0.25, 0.3) is 11.0 Å². The molecule has 0 aliphatic rings. The molecule has 5 nitrogen and oxygen atoms in total. The summed E-state index contributed by atoms with van der Waals surface area (Å²) in [6.45, 7) is -0.255. The van der Waals surface area contributed by atoms with Crippen LogP contribution in [0.3, 0.4) is 0 Å². The Hall–Kier alpha value is -2.48. The van der Waals surface area contributed by atoms with E-state index in [0.29, 0.717) is 11.0 Å². The highest BCUT2D eigenvalue weighted by atomic mass is 16.6. The number of carbonyl (C=O) groups is 1. The van der Waals surface area contributed by atoms with Crippen molar-refractivity contribution < 1.29 is 18.7 Å². The highest BCUT2D eigenvalue weighted by Gasteiger charge is 2.16. The van der Waals surface area contributed by atoms with Crippen LogP contribution >= 0.6 is 0 Å². The summed E-state index contributed by atoms with van der Waals surface area (Å²) in [5.41, 5.74) is 0.545. The largest absolute Gasteiger partial charge is 0.476 e. The molecular weight excluding hydrogens is 222 g/mol. The molecule has 5 heteroatoms. The van der Waals surface area contributed by atoms with E-state index in [-0.39, 0.29) is 18.1 Å². The first kappa shape index (κ1) is 11.0. The predicted molar refractivity (Wildman–Crippen MR) is 58.4 cm³/mol. The average Bonchev–Trinajstić information content (AvgIpc) is 2.73. The van der Waals surface area contributed by atoms with Gasteiger partial charge in [-0.15, -0.1) is 0 Å². The van der Waals surface area contributed by atoms with Crippen molar-refractivity contribution in [1.82, 2.24) is 0 Å². The molecule has 0 radical (unpaired) electrons. The second-order valence-corrected chi connectivity index (χ2v) is 3.23. The van der Waals surface area contributed by atoms with Gasteiger partial charge in [0, 0.05) is 0 Å². The second kappa shape index (κ2) is 4.58. The van der Waals surface area contributed by atoms with Crippen LogP contribution in [0.1, 0.15) is 5.76 Å². The van der Waals surface area contributed by atoms with E-state index in [2.05, 4.69) is 4.74 Å². The van der Waals surface area contributed by atoms with Crippen LogP contribution in [0.4, 0.5) is 0 Å². The number of hydrogen-bond acceptors (Lipinski definition) is 5. The van der Waals surface area contributed by atoms with E-state index in [9.17, 15) is 4.79 Å². The highest BCUT2D eigenvalue weighted by Crippen LogP contribution is 2.32. The summed E-state index contributed by atoms with van der Waals surface area (Å²) < 4.78 is 15.0. The van der Waals surface area contributed by atoms with E-state index in [1.807, 2.05) is 6.07 Å². The van der Waals surface area contributed by atoms with E-state index in [1.165, 1.54) is 7.11 Å². The lowest BCUT2D eigenvalue weighted by Gasteiger charge is -2.02. The van der Waals surface area contributed by atoms with Crippen molar-refractivity contribution in [1.29, 1.82) is 5.26 Å². The Kier molecular flexibility index (Phi) is 2.97. The van der Waals surface area contributed by atoms with E-state index >= 15 is 0 Å². The van der Waals surface area contributed by atoms with Crippen LogP contribution < -0.4 is 4.74 Å². The van der Waals surface area contributed by atoms with Gasteiger partial charge in [0.1, 0.15) is 11.7 Å². The lowest BCUT2D eigenvalue weighted by atomic mass is 10.2. The molecule has 0 N–H and O–H groups in total. The Bertz CT molecular complexity index is 594. The van der Waals surface area contributed by atoms with Gasteiger partial charge in [-0.1, -0.05) is 12.1 Å². The summed E-state index contributed by atoms with van der Waals surface area (Å²) in [5.74, 6) is -0.192. The summed E-state index contributed by atoms with van der Waals surface area (Å²) >= 11 is 0. The lowest BCUT2D eigenvalue weighted by Crippen LogP contribution is -2.12. The minimum Gasteiger partial charge on any atom is -0.476 e. The molecule has 1 heterocycles. The van der Waals surface area contributed by atoms with Crippen molar-refractivity contribution in [3.05, 3.63) is 30.0 Å². The maximum absolute atomic E-state index is 11.0. The molecule has 0 amide bonds. The van der Waals surface area contributed by atoms with Crippen molar-refractivity contribution in [3.8, 4) is 11.8 Å². The third-order valence-electron chi connectivity index (χ3n) is 2.21. The number of para-hydroxylation sites is 1. The van der Waals surface area contributed by atoms with Gasteiger partial charge in [-0.05, 0) is 12.1 Å². The Morgan fingerprint density at radius 2 is 2.24 bits per heavy atom. The quantitative estimate of drug-likeness (QED) is 0.754. The molecule has 0 atom stereocenters. The number of nitrogens with zero attached hydrogens (tertiary/aromatic N) is 1. The van der Waals surface area contributed by atoms with Crippen LogP contribution in [0, 0.1) is 11.3 Å². The van der Waals surface area contributed by atoms with Gasteiger partial charge in [-0.3, -0.25) is 0 Å². The van der Waals surface area contributed by atoms with Gasteiger partial charge in [-0.2, -0.15) is 5.26 Å². The lowest BCUT2D eigenvalue weighted by molar-refractivity contribution is -0.142. The molecule has 0 aliphatic carbocycles. The normalized spacial score (nSPS) is 9.88. The second-order valence-electron chi connectivity index (χ2n) is 3.23. The molecule has 2 rings (SSSR count). The van der Waals surface area contributed by atoms with Crippen LogP contribution in [0.15, 0.2) is 28.7 Å². The van der Waals surface area contributed by atoms with Gasteiger partial charge >= 0.3 is 5.97 Å². The number of ether oxygens (including phenoxy) is 2. The molecule has 1 aromatic heterocycles. The smallest absolute Gasteiger partial charge is 0.343 e. The van der Waals surface area contributed by atoms with Crippen LogP contribution in [0.5, 0.6) is 5.75 Å². The number of carbonyl (C=O) groups excluding carboxylic acids is 1. The maximum Gasteiger partial charge on any atom is 0.343 e. The molecule has 2 aromatic rings. The molecule has 0 bridgehead atoms. The number of fused-ring (bicyclic) bond motifs is 1. The van der Waals surface area contributed by atoms with Gasteiger partial charge in [-0.25, -0.2) is 4.79 Å². The summed E-state index contributed by atoms with van der Waals surface area (Å²) in [5, 5.41) is 9.56. The predicted octanol–water partition coefficient (Wildman–Crippen LogP) is 1.86. The molecule has 0 saturated carbocycles. The fourth-order valence-electron chi connectivity index (χ4n) is 1.43. The molecule has 0 aliphatic heterocycles. The van der Waals surface area contributed by atoms with Crippen LogP contribution in [0.2, 0.25) is 0 Å². The third-order valence-corrected chi connectivity index (χ3v) is 2.21. The summed E-state index contributed by atoms with van der Waals surface area (Å²) in [7, 11) is 1.27. The van der Waals surface area contributed by atoms with Crippen molar-refractivity contribution in [2.24, 2.45) is 0 Å². The van der Waals surface area contributed by atoms with Gasteiger partial charge in [0.15, 0.2) is 12.4 Å². The summed E-state index contributed by atoms with van der Waals surface area (Å²) in [4.78, 5) is 11.0. The minimum atomic E-state index is -0.515. The van der Waals surface area contributed by atoms with Gasteiger partial charge in [0.05, 0.1) is 12.5 Å². The first-order chi connectivity index (χ1) is 8.26. The highest BCUT2D eigenvalue weighted by molar-refractivity contribution is 5.86.